The Labute approximate surface area is 229 Å². The number of rotatable bonds is 11. The van der Waals surface area contributed by atoms with Crippen molar-refractivity contribution in [3.8, 4) is 11.6 Å². The summed E-state index contributed by atoms with van der Waals surface area (Å²) in [6, 6.07) is 6.31. The van der Waals surface area contributed by atoms with Gasteiger partial charge in [0.1, 0.15) is 17.1 Å². The number of halogens is 3. The highest BCUT2D eigenvalue weighted by Gasteiger charge is 2.39. The summed E-state index contributed by atoms with van der Waals surface area (Å²) >= 11 is 0. The number of benzene rings is 1. The summed E-state index contributed by atoms with van der Waals surface area (Å²) in [5.41, 5.74) is -0.395. The third-order valence-electron chi connectivity index (χ3n) is 6.20. The highest BCUT2D eigenvalue weighted by Crippen LogP contribution is 2.37. The van der Waals surface area contributed by atoms with Crippen molar-refractivity contribution in [3.05, 3.63) is 53.0 Å². The summed E-state index contributed by atoms with van der Waals surface area (Å²) in [7, 11) is -7.66. The van der Waals surface area contributed by atoms with Crippen LogP contribution in [0, 0.1) is 5.92 Å². The highest BCUT2D eigenvalue weighted by molar-refractivity contribution is 7.94. The van der Waals surface area contributed by atoms with Crippen LogP contribution in [-0.2, 0) is 25.8 Å². The van der Waals surface area contributed by atoms with E-state index in [4.69, 9.17) is 4.74 Å². The third kappa shape index (κ3) is 7.28. The van der Waals surface area contributed by atoms with Gasteiger partial charge in [0.15, 0.2) is 0 Å². The number of nitrogens with one attached hydrogen (secondary N) is 2. The van der Waals surface area contributed by atoms with Crippen molar-refractivity contribution in [2.24, 2.45) is 5.92 Å². The lowest BCUT2D eigenvalue weighted by Crippen LogP contribution is -2.56. The van der Waals surface area contributed by atoms with Gasteiger partial charge in [-0.2, -0.15) is 22.5 Å². The summed E-state index contributed by atoms with van der Waals surface area (Å²) in [6.45, 7) is 0.544. The summed E-state index contributed by atoms with van der Waals surface area (Å²) in [4.78, 5) is 21.3. The molecule has 1 saturated heterocycles. The predicted molar refractivity (Wildman–Crippen MR) is 140 cm³/mol. The van der Waals surface area contributed by atoms with Crippen LogP contribution in [0.3, 0.4) is 0 Å². The van der Waals surface area contributed by atoms with E-state index in [1.807, 2.05) is 0 Å². The van der Waals surface area contributed by atoms with Crippen LogP contribution in [0.5, 0.6) is 11.6 Å². The van der Waals surface area contributed by atoms with E-state index in [0.717, 1.165) is 16.6 Å². The molecule has 2 aromatic rings. The zero-order valence-electron chi connectivity index (χ0n) is 21.8. The molecule has 4 rings (SSSR count). The molecule has 0 spiro atoms. The van der Waals surface area contributed by atoms with E-state index in [1.54, 1.807) is 18.2 Å². The maximum absolute atomic E-state index is 14.4. The lowest BCUT2D eigenvalue weighted by atomic mass is 10.1. The maximum Gasteiger partial charge on any atom is 0.304 e. The zero-order chi connectivity index (χ0) is 29.5. The second kappa shape index (κ2) is 11.0. The number of nitrogens with zero attached hydrogens (tertiary/aromatic N) is 3. The van der Waals surface area contributed by atoms with Gasteiger partial charge in [0.05, 0.1) is 18.3 Å². The van der Waals surface area contributed by atoms with Crippen LogP contribution in [-0.4, -0.2) is 74.7 Å². The second-order valence-corrected chi connectivity index (χ2v) is 13.8. The number of carbonyl (C=O) groups is 1. The minimum atomic E-state index is -4.17. The summed E-state index contributed by atoms with van der Waals surface area (Å²) < 4.78 is 96.9. The number of para-hydroxylation sites is 1. The first-order chi connectivity index (χ1) is 18.5. The quantitative estimate of drug-likeness (QED) is 0.396. The van der Waals surface area contributed by atoms with Crippen LogP contribution >= 0.6 is 0 Å². The van der Waals surface area contributed by atoms with Gasteiger partial charge >= 0.3 is 5.92 Å². The Kier molecular flexibility index (Phi) is 8.15. The molecule has 1 atom stereocenters. The van der Waals surface area contributed by atoms with Gasteiger partial charge < -0.3 is 15.4 Å². The fourth-order valence-electron chi connectivity index (χ4n) is 3.85. The number of aromatic nitrogens is 2. The molecular weight excluding hydrogens is 575 g/mol. The normalized spacial score (nSPS) is 18.1. The second-order valence-electron chi connectivity index (χ2n) is 9.88. The molecule has 2 fully saturated rings. The molecular formula is C24H28F3N5O6S2. The monoisotopic (exact) mass is 603 g/mol. The zero-order valence-corrected chi connectivity index (χ0v) is 23.4. The number of hydrogen-bond donors (Lipinski definition) is 2. The Bertz CT molecular complexity index is 1520. The van der Waals surface area contributed by atoms with E-state index in [-0.39, 0.29) is 30.6 Å². The number of amides is 1. The van der Waals surface area contributed by atoms with Crippen molar-refractivity contribution in [2.75, 3.05) is 30.9 Å². The van der Waals surface area contributed by atoms with E-state index in [2.05, 4.69) is 20.6 Å². The average molecular weight is 604 g/mol. The minimum absolute atomic E-state index is 0.0103. The smallest absolute Gasteiger partial charge is 0.304 e. The van der Waals surface area contributed by atoms with Crippen LogP contribution in [0.2, 0.25) is 0 Å². The standard InChI is InChI=1S/C24H28F3N5O6S2/c1-24(26,27)23-30-20(28-15-12-32(13-15)40(3,36)37)19(22(31-23)38-16-7-5-4-6-8-16)21(33)29-17(14-9-10-14)11-18(25)39(2,34)35/h4-8,11,14-15,17H,9-10,12-13H2,1-3H3,(H,29,33)(H,28,30,31)/b18-11+. The molecule has 1 aromatic heterocycles. The van der Waals surface area contributed by atoms with Gasteiger partial charge in [0, 0.05) is 26.3 Å². The van der Waals surface area contributed by atoms with Crippen molar-refractivity contribution in [2.45, 2.75) is 37.8 Å². The van der Waals surface area contributed by atoms with Crippen LogP contribution in [0.1, 0.15) is 35.9 Å². The highest BCUT2D eigenvalue weighted by atomic mass is 32.2. The molecule has 2 aliphatic rings. The molecule has 1 unspecified atom stereocenters. The van der Waals surface area contributed by atoms with Gasteiger partial charge in [-0.3, -0.25) is 4.79 Å². The third-order valence-corrected chi connectivity index (χ3v) is 8.28. The Morgan fingerprint density at radius 3 is 2.27 bits per heavy atom. The SMILES string of the molecule is CC(F)(F)c1nc(NC2CN(S(C)(=O)=O)C2)c(C(=O)NC(/C=C(\F)S(C)(=O)=O)C2CC2)c(Oc2ccccc2)n1. The topological polar surface area (TPSA) is 148 Å². The molecule has 2 heterocycles. The van der Waals surface area contributed by atoms with E-state index < -0.39 is 66.2 Å². The summed E-state index contributed by atoms with van der Waals surface area (Å²) in [5, 5.41) is 3.97. The van der Waals surface area contributed by atoms with Crippen LogP contribution in [0.25, 0.3) is 0 Å². The number of anilines is 1. The summed E-state index contributed by atoms with van der Waals surface area (Å²) in [5.74, 6) is -6.40. The first-order valence-corrected chi connectivity index (χ1v) is 15.9. The first kappa shape index (κ1) is 29.7. The number of carbonyl (C=O) groups excluding carboxylic acids is 1. The molecule has 16 heteroatoms. The number of alkyl halides is 2. The molecule has 40 heavy (non-hydrogen) atoms. The van der Waals surface area contributed by atoms with Crippen molar-refractivity contribution < 1.29 is 39.5 Å². The lowest BCUT2D eigenvalue weighted by Gasteiger charge is -2.38. The largest absolute Gasteiger partial charge is 0.438 e. The van der Waals surface area contributed by atoms with Crippen LogP contribution in [0.4, 0.5) is 19.0 Å². The minimum Gasteiger partial charge on any atom is -0.438 e. The number of hydrogen-bond acceptors (Lipinski definition) is 9. The number of sulfonamides is 1. The molecule has 11 nitrogen and oxygen atoms in total. The van der Waals surface area contributed by atoms with Gasteiger partial charge in [-0.05, 0) is 37.0 Å². The number of sulfone groups is 1. The van der Waals surface area contributed by atoms with Crippen molar-refractivity contribution >= 4 is 31.6 Å². The number of ether oxygens (including phenoxy) is 1. The first-order valence-electron chi connectivity index (χ1n) is 12.2. The Morgan fingerprint density at radius 2 is 1.75 bits per heavy atom. The average Bonchev–Trinajstić information content (AvgIpc) is 3.64. The Hall–Kier alpha value is -3.24. The molecule has 1 amide bonds. The van der Waals surface area contributed by atoms with Crippen molar-refractivity contribution in [3.63, 3.8) is 0 Å². The molecule has 218 valence electrons. The molecule has 1 aliphatic heterocycles. The molecule has 0 bridgehead atoms. The van der Waals surface area contributed by atoms with Crippen molar-refractivity contribution in [1.29, 1.82) is 0 Å². The molecule has 1 aliphatic carbocycles. The maximum atomic E-state index is 14.4. The van der Waals surface area contributed by atoms with Gasteiger partial charge in [0.2, 0.25) is 36.7 Å². The predicted octanol–water partition coefficient (Wildman–Crippen LogP) is 2.80. The van der Waals surface area contributed by atoms with E-state index >= 15 is 0 Å². The Morgan fingerprint density at radius 1 is 1.12 bits per heavy atom. The van der Waals surface area contributed by atoms with Crippen LogP contribution < -0.4 is 15.4 Å². The van der Waals surface area contributed by atoms with Gasteiger partial charge in [0.25, 0.3) is 5.91 Å². The fourth-order valence-corrected chi connectivity index (χ4v) is 5.15. The van der Waals surface area contributed by atoms with E-state index in [9.17, 15) is 34.8 Å². The van der Waals surface area contributed by atoms with Gasteiger partial charge in [-0.15, -0.1) is 0 Å². The van der Waals surface area contributed by atoms with Gasteiger partial charge in [-0.1, -0.05) is 18.2 Å². The fraction of sp³-hybridized carbons (Fsp3) is 0.458. The van der Waals surface area contributed by atoms with E-state index in [0.29, 0.717) is 26.0 Å². The van der Waals surface area contributed by atoms with Crippen LogP contribution in [0.15, 0.2) is 41.6 Å². The Balaban J connectivity index is 1.76. The molecule has 1 saturated carbocycles. The van der Waals surface area contributed by atoms with Gasteiger partial charge in [-0.25, -0.2) is 21.8 Å². The molecule has 0 radical (unpaired) electrons. The molecule has 2 N–H and O–H groups in total. The summed E-state index contributed by atoms with van der Waals surface area (Å²) in [6.07, 6.45) is 3.70. The van der Waals surface area contributed by atoms with Crippen molar-refractivity contribution in [1.82, 2.24) is 19.6 Å². The molecule has 1 aromatic carbocycles. The lowest BCUT2D eigenvalue weighted by molar-refractivity contribution is 0.00722. The van der Waals surface area contributed by atoms with E-state index in [1.165, 1.54) is 12.1 Å².